The molecule has 2 aliphatic rings. The predicted molar refractivity (Wildman–Crippen MR) is 133 cm³/mol. The fourth-order valence-electron chi connectivity index (χ4n) is 4.56. The number of anilines is 1. The third-order valence-corrected chi connectivity index (χ3v) is 7.58. The second kappa shape index (κ2) is 10.5. The van der Waals surface area contributed by atoms with E-state index in [9.17, 15) is 24.6 Å². The molecule has 2 N–H and O–H groups in total. The summed E-state index contributed by atoms with van der Waals surface area (Å²) < 4.78 is 0. The Labute approximate surface area is 206 Å². The number of carbonyl (C=O) groups excluding carboxylic acids is 2. The van der Waals surface area contributed by atoms with Crippen molar-refractivity contribution in [3.63, 3.8) is 0 Å². The minimum absolute atomic E-state index is 0.0110. The summed E-state index contributed by atoms with van der Waals surface area (Å²) in [6.45, 7) is 10.4. The van der Waals surface area contributed by atoms with E-state index in [0.717, 1.165) is 37.0 Å². The van der Waals surface area contributed by atoms with Crippen molar-refractivity contribution >= 4 is 34.8 Å². The molecule has 34 heavy (non-hydrogen) atoms. The van der Waals surface area contributed by atoms with Gasteiger partial charge < -0.3 is 15.1 Å². The minimum atomic E-state index is -1.14. The molecule has 0 spiro atoms. The Hall–Kier alpha value is -2.37. The summed E-state index contributed by atoms with van der Waals surface area (Å²) in [7, 11) is 0. The van der Waals surface area contributed by atoms with Crippen molar-refractivity contribution < 1.29 is 24.6 Å². The lowest BCUT2D eigenvalue weighted by Crippen LogP contribution is -2.51. The molecule has 0 unspecified atom stereocenters. The van der Waals surface area contributed by atoms with E-state index < -0.39 is 18.1 Å². The topological polar surface area (TPSA) is 98.2 Å². The lowest BCUT2D eigenvalue weighted by atomic mass is 9.82. The van der Waals surface area contributed by atoms with Crippen LogP contribution < -0.4 is 4.90 Å². The van der Waals surface area contributed by atoms with Crippen molar-refractivity contribution in [2.75, 3.05) is 18.0 Å². The molecule has 1 aliphatic carbocycles. The summed E-state index contributed by atoms with van der Waals surface area (Å²) >= 11 is 1.03. The number of nitrogens with zero attached hydrogens (tertiary/aromatic N) is 2. The van der Waals surface area contributed by atoms with Gasteiger partial charge in [-0.2, -0.15) is 0 Å². The number of aromatic carboxylic acids is 1. The third-order valence-electron chi connectivity index (χ3n) is 6.55. The van der Waals surface area contributed by atoms with Crippen molar-refractivity contribution in [2.45, 2.75) is 78.9 Å². The number of aliphatic hydroxyl groups excluding tert-OH is 1. The highest BCUT2D eigenvalue weighted by molar-refractivity contribution is 7.15. The predicted octanol–water partition coefficient (Wildman–Crippen LogP) is 3.98. The molecule has 2 amide bonds. The quantitative estimate of drug-likeness (QED) is 0.611. The van der Waals surface area contributed by atoms with Crippen molar-refractivity contribution in [1.29, 1.82) is 0 Å². The molecule has 1 aromatic rings. The molecule has 2 atom stereocenters. The summed E-state index contributed by atoms with van der Waals surface area (Å²) in [6, 6.07) is 0.756. The number of likely N-dealkylation sites (tertiary alicyclic amines) is 1. The molecule has 1 aromatic heterocycles. The lowest BCUT2D eigenvalue weighted by Gasteiger charge is -2.35. The zero-order valence-corrected chi connectivity index (χ0v) is 21.6. The van der Waals surface area contributed by atoms with Gasteiger partial charge in [0, 0.05) is 24.4 Å². The number of aliphatic hydroxyl groups is 1. The van der Waals surface area contributed by atoms with Crippen LogP contribution in [-0.4, -0.2) is 58.1 Å². The van der Waals surface area contributed by atoms with Gasteiger partial charge in [0.25, 0.3) is 0 Å². The Morgan fingerprint density at radius 3 is 2.35 bits per heavy atom. The Morgan fingerprint density at radius 2 is 1.82 bits per heavy atom. The molecule has 8 heteroatoms. The molecule has 7 nitrogen and oxygen atoms in total. The molecule has 0 bridgehead atoms. The first kappa shape index (κ1) is 26.2. The second-order valence-electron chi connectivity index (χ2n) is 10.7. The smallest absolute Gasteiger partial charge is 0.348 e. The Kier molecular flexibility index (Phi) is 8.10. The number of hydrogen-bond acceptors (Lipinski definition) is 5. The zero-order valence-electron chi connectivity index (χ0n) is 20.8. The highest BCUT2D eigenvalue weighted by atomic mass is 32.1. The van der Waals surface area contributed by atoms with Crippen LogP contribution in [0.4, 0.5) is 5.69 Å². The highest BCUT2D eigenvalue weighted by Gasteiger charge is 2.39. The van der Waals surface area contributed by atoms with Crippen LogP contribution in [0.3, 0.4) is 0 Å². The average molecular weight is 489 g/mol. The molecule has 2 fully saturated rings. The molecule has 2 heterocycles. The minimum Gasteiger partial charge on any atom is -0.477 e. The maximum atomic E-state index is 13.8. The van der Waals surface area contributed by atoms with Gasteiger partial charge in [-0.25, -0.2) is 4.79 Å². The number of carboxylic acids is 1. The van der Waals surface area contributed by atoms with Gasteiger partial charge in [0.05, 0.1) is 16.7 Å². The number of β-amino-alcohol motifs (C(OH)–C–C–N with tert-alkyl or cyclic N) is 1. The van der Waals surface area contributed by atoms with Gasteiger partial charge in [-0.15, -0.1) is 11.3 Å². The van der Waals surface area contributed by atoms with Crippen molar-refractivity contribution in [1.82, 2.24) is 4.90 Å². The highest BCUT2D eigenvalue weighted by Crippen LogP contribution is 2.36. The van der Waals surface area contributed by atoms with E-state index in [1.54, 1.807) is 17.9 Å². The molecule has 186 valence electrons. The number of thiophene rings is 1. The van der Waals surface area contributed by atoms with Crippen LogP contribution in [0.25, 0.3) is 0 Å². The number of carboxylic acid groups (broad SMARTS) is 1. The molecule has 0 aromatic carbocycles. The van der Waals surface area contributed by atoms with Gasteiger partial charge >= 0.3 is 5.97 Å². The SMILES string of the molecule is CC1CCC(C(=O)N(c2cc(C#CC(C)(C)C)sc2C(=O)O)[C@@H](C)C(=O)N2CC[C@H](O)C2)CC1. The van der Waals surface area contributed by atoms with E-state index in [2.05, 4.69) is 18.8 Å². The summed E-state index contributed by atoms with van der Waals surface area (Å²) in [6.07, 6.45) is 3.24. The van der Waals surface area contributed by atoms with Crippen LogP contribution in [-0.2, 0) is 9.59 Å². The average Bonchev–Trinajstić information content (AvgIpc) is 3.38. The normalized spacial score (nSPS) is 23.7. The Balaban J connectivity index is 2.02. The zero-order chi connectivity index (χ0) is 25.2. The maximum absolute atomic E-state index is 13.8. The van der Waals surface area contributed by atoms with Gasteiger partial charge in [0.1, 0.15) is 10.9 Å². The van der Waals surface area contributed by atoms with Gasteiger partial charge in [-0.1, -0.05) is 18.8 Å². The largest absolute Gasteiger partial charge is 0.477 e. The summed E-state index contributed by atoms with van der Waals surface area (Å²) in [4.78, 5) is 42.8. The van der Waals surface area contributed by atoms with Crippen molar-refractivity contribution in [3.8, 4) is 11.8 Å². The number of amides is 2. The van der Waals surface area contributed by atoms with Crippen molar-refractivity contribution in [3.05, 3.63) is 15.8 Å². The van der Waals surface area contributed by atoms with Crippen LogP contribution in [0, 0.1) is 29.1 Å². The van der Waals surface area contributed by atoms with Gasteiger partial charge in [0.2, 0.25) is 11.8 Å². The fourth-order valence-corrected chi connectivity index (χ4v) is 5.40. The van der Waals surface area contributed by atoms with Crippen LogP contribution in [0.15, 0.2) is 6.07 Å². The monoisotopic (exact) mass is 488 g/mol. The maximum Gasteiger partial charge on any atom is 0.348 e. The molecule has 1 saturated carbocycles. The fraction of sp³-hybridized carbons (Fsp3) is 0.654. The first-order valence-corrected chi connectivity index (χ1v) is 12.9. The van der Waals surface area contributed by atoms with Crippen LogP contribution in [0.2, 0.25) is 0 Å². The Bertz CT molecular complexity index is 991. The van der Waals surface area contributed by atoms with E-state index in [-0.39, 0.29) is 40.3 Å². The third kappa shape index (κ3) is 6.19. The summed E-state index contributed by atoms with van der Waals surface area (Å²) in [5, 5.41) is 19.8. The molecule has 1 aliphatic heterocycles. The molecule has 1 saturated heterocycles. The first-order valence-electron chi connectivity index (χ1n) is 12.1. The standard InChI is InChI=1S/C26H36N2O5S/c1-16-6-8-18(9-7-16)24(31)28(17(2)23(30)27-13-11-19(29)15-27)21-14-20(10-12-26(3,4)5)34-22(21)25(32)33/h14,16-19,29H,6-9,11,13,15H2,1-5H3,(H,32,33)/t16?,17-,18?,19-/m0/s1. The second-order valence-corrected chi connectivity index (χ2v) is 11.8. The number of hydrogen-bond donors (Lipinski definition) is 2. The van der Waals surface area contributed by atoms with E-state index in [1.165, 1.54) is 4.90 Å². The number of carbonyl (C=O) groups is 3. The van der Waals surface area contributed by atoms with E-state index in [1.807, 2.05) is 20.8 Å². The summed E-state index contributed by atoms with van der Waals surface area (Å²) in [5.74, 6) is 4.84. The van der Waals surface area contributed by atoms with Crippen LogP contribution in [0.1, 0.15) is 81.3 Å². The van der Waals surface area contributed by atoms with Crippen molar-refractivity contribution in [2.24, 2.45) is 17.3 Å². The van der Waals surface area contributed by atoms with E-state index in [0.29, 0.717) is 23.8 Å². The Morgan fingerprint density at radius 1 is 1.18 bits per heavy atom. The van der Waals surface area contributed by atoms with E-state index in [4.69, 9.17) is 0 Å². The first-order chi connectivity index (χ1) is 15.9. The van der Waals surface area contributed by atoms with Crippen LogP contribution >= 0.6 is 11.3 Å². The lowest BCUT2D eigenvalue weighted by molar-refractivity contribution is -0.134. The van der Waals surface area contributed by atoms with Gasteiger partial charge in [-0.3, -0.25) is 14.5 Å². The van der Waals surface area contributed by atoms with Crippen LogP contribution in [0.5, 0.6) is 0 Å². The summed E-state index contributed by atoms with van der Waals surface area (Å²) in [5.41, 5.74) is -0.0262. The molecular formula is C26H36N2O5S. The molecule has 3 rings (SSSR count). The molecule has 0 radical (unpaired) electrons. The number of rotatable bonds is 5. The van der Waals surface area contributed by atoms with Gasteiger partial charge in [0.15, 0.2) is 0 Å². The van der Waals surface area contributed by atoms with Gasteiger partial charge in [-0.05, 0) is 71.8 Å². The molecular weight excluding hydrogens is 452 g/mol. The van der Waals surface area contributed by atoms with E-state index >= 15 is 0 Å².